The number of nitrogens with one attached hydrogen (secondary N) is 2. The number of esters is 1. The van der Waals surface area contributed by atoms with E-state index in [-0.39, 0.29) is 17.4 Å². The minimum atomic E-state index is -0.529. The first-order valence-electron chi connectivity index (χ1n) is 10.6. The summed E-state index contributed by atoms with van der Waals surface area (Å²) in [6, 6.07) is 18.8. The van der Waals surface area contributed by atoms with Gasteiger partial charge in [-0.3, -0.25) is 9.59 Å². The van der Waals surface area contributed by atoms with Crippen LogP contribution in [0.15, 0.2) is 71.6 Å². The van der Waals surface area contributed by atoms with Gasteiger partial charge in [0.05, 0.1) is 37.8 Å². The molecule has 0 aliphatic heterocycles. The van der Waals surface area contributed by atoms with Gasteiger partial charge in [0, 0.05) is 16.1 Å². The number of anilines is 2. The normalized spacial score (nSPS) is 11.2. The molecule has 0 saturated carbocycles. The van der Waals surface area contributed by atoms with E-state index in [1.807, 2.05) is 6.07 Å². The van der Waals surface area contributed by atoms with E-state index in [4.69, 9.17) is 14.2 Å². The Morgan fingerprint density at radius 2 is 1.57 bits per heavy atom. The molecule has 0 fully saturated rings. The van der Waals surface area contributed by atoms with Gasteiger partial charge >= 0.3 is 5.97 Å². The fraction of sp³-hybridized carbons (Fsp3) is 0.192. The number of carbonyl (C=O) groups is 3. The highest BCUT2D eigenvalue weighted by atomic mass is 32.2. The van der Waals surface area contributed by atoms with Gasteiger partial charge in [-0.2, -0.15) is 0 Å². The third kappa shape index (κ3) is 6.54. The number of methoxy groups -OCH3 is 3. The molecule has 2 amide bonds. The van der Waals surface area contributed by atoms with Gasteiger partial charge in [0.1, 0.15) is 0 Å². The second kappa shape index (κ2) is 11.9. The number of ether oxygens (including phenoxy) is 3. The highest BCUT2D eigenvalue weighted by Gasteiger charge is 2.19. The van der Waals surface area contributed by atoms with Crippen LogP contribution in [0.2, 0.25) is 0 Å². The third-order valence-corrected chi connectivity index (χ3v) is 6.10. The molecular formula is C26H26N2O6S. The van der Waals surface area contributed by atoms with E-state index in [0.717, 1.165) is 4.90 Å². The van der Waals surface area contributed by atoms with Crippen LogP contribution in [0.1, 0.15) is 27.6 Å². The van der Waals surface area contributed by atoms with Gasteiger partial charge in [0.15, 0.2) is 11.5 Å². The molecule has 0 aliphatic rings. The Bertz CT molecular complexity index is 1230. The Hall–Kier alpha value is -3.98. The predicted molar refractivity (Wildman–Crippen MR) is 136 cm³/mol. The van der Waals surface area contributed by atoms with Crippen LogP contribution in [-0.2, 0) is 9.53 Å². The molecule has 0 aromatic heterocycles. The molecule has 0 bridgehead atoms. The van der Waals surface area contributed by atoms with Crippen molar-refractivity contribution in [3.63, 3.8) is 0 Å². The third-order valence-electron chi connectivity index (χ3n) is 5.01. The number of para-hydroxylation sites is 1. The first-order valence-corrected chi connectivity index (χ1v) is 11.5. The van der Waals surface area contributed by atoms with E-state index in [1.165, 1.54) is 33.1 Å². The molecule has 1 unspecified atom stereocenters. The number of rotatable bonds is 9. The summed E-state index contributed by atoms with van der Waals surface area (Å²) >= 11 is 1.32. The minimum absolute atomic E-state index is 0.272. The van der Waals surface area contributed by atoms with Crippen molar-refractivity contribution in [3.05, 3.63) is 77.9 Å². The summed E-state index contributed by atoms with van der Waals surface area (Å²) in [5.41, 5.74) is 1.66. The van der Waals surface area contributed by atoms with E-state index >= 15 is 0 Å². The van der Waals surface area contributed by atoms with E-state index in [9.17, 15) is 14.4 Å². The molecule has 8 nitrogen and oxygen atoms in total. The molecule has 0 aliphatic carbocycles. The summed E-state index contributed by atoms with van der Waals surface area (Å²) in [6.45, 7) is 1.76. The first-order chi connectivity index (χ1) is 16.9. The fourth-order valence-electron chi connectivity index (χ4n) is 3.20. The fourth-order valence-corrected chi connectivity index (χ4v) is 4.13. The van der Waals surface area contributed by atoms with E-state index in [0.29, 0.717) is 28.4 Å². The summed E-state index contributed by atoms with van der Waals surface area (Å²) in [5.74, 6) is -0.120. The maximum Gasteiger partial charge on any atom is 0.339 e. The number of hydrogen-bond donors (Lipinski definition) is 2. The molecule has 35 heavy (non-hydrogen) atoms. The first kappa shape index (κ1) is 25.6. The zero-order valence-corrected chi connectivity index (χ0v) is 20.6. The molecule has 9 heteroatoms. The van der Waals surface area contributed by atoms with Gasteiger partial charge in [-0.1, -0.05) is 18.2 Å². The van der Waals surface area contributed by atoms with Crippen molar-refractivity contribution in [3.8, 4) is 11.5 Å². The average Bonchev–Trinajstić information content (AvgIpc) is 2.88. The molecule has 0 radical (unpaired) electrons. The van der Waals surface area contributed by atoms with Gasteiger partial charge in [0.2, 0.25) is 5.91 Å². The van der Waals surface area contributed by atoms with E-state index < -0.39 is 11.2 Å². The maximum atomic E-state index is 12.8. The Kier molecular flexibility index (Phi) is 8.74. The zero-order valence-electron chi connectivity index (χ0n) is 19.8. The minimum Gasteiger partial charge on any atom is -0.493 e. The Morgan fingerprint density at radius 1 is 0.829 bits per heavy atom. The van der Waals surface area contributed by atoms with Crippen LogP contribution in [0.5, 0.6) is 11.5 Å². The van der Waals surface area contributed by atoms with Gasteiger partial charge in [0.25, 0.3) is 5.91 Å². The van der Waals surface area contributed by atoms with Crippen LogP contribution in [0.3, 0.4) is 0 Å². The Labute approximate surface area is 208 Å². The van der Waals surface area contributed by atoms with Crippen LogP contribution in [0, 0.1) is 0 Å². The van der Waals surface area contributed by atoms with Crippen LogP contribution < -0.4 is 20.1 Å². The quantitative estimate of drug-likeness (QED) is 0.323. The van der Waals surface area contributed by atoms with Crippen molar-refractivity contribution in [2.75, 3.05) is 32.0 Å². The number of thioether (sulfide) groups is 1. The molecule has 3 aromatic rings. The van der Waals surface area contributed by atoms with Crippen molar-refractivity contribution in [1.82, 2.24) is 0 Å². The average molecular weight is 495 g/mol. The van der Waals surface area contributed by atoms with Crippen molar-refractivity contribution in [2.45, 2.75) is 17.1 Å². The SMILES string of the molecule is COC(=O)c1ccccc1NC(=O)C(C)Sc1cccc(NC(=O)c2ccc(OC)c(OC)c2)c1. The summed E-state index contributed by atoms with van der Waals surface area (Å²) in [6.07, 6.45) is 0. The number of benzene rings is 3. The standard InChI is InChI=1S/C26H26N2O6S/c1-16(24(29)28-21-11-6-5-10-20(21)26(31)34-4)35-19-9-7-8-18(15-19)27-25(30)17-12-13-22(32-2)23(14-17)33-3/h5-16H,1-4H3,(H,27,30)(H,28,29). The molecule has 1 atom stereocenters. The van der Waals surface area contributed by atoms with Crippen molar-refractivity contribution in [1.29, 1.82) is 0 Å². The van der Waals surface area contributed by atoms with Crippen LogP contribution in [0.4, 0.5) is 11.4 Å². The lowest BCUT2D eigenvalue weighted by atomic mass is 10.2. The molecule has 0 heterocycles. The molecule has 0 spiro atoms. The monoisotopic (exact) mass is 494 g/mol. The van der Waals surface area contributed by atoms with Crippen LogP contribution in [0.25, 0.3) is 0 Å². The summed E-state index contributed by atoms with van der Waals surface area (Å²) in [4.78, 5) is 38.2. The lowest BCUT2D eigenvalue weighted by molar-refractivity contribution is -0.115. The Morgan fingerprint density at radius 3 is 2.29 bits per heavy atom. The highest BCUT2D eigenvalue weighted by Crippen LogP contribution is 2.29. The van der Waals surface area contributed by atoms with Gasteiger partial charge in [-0.25, -0.2) is 4.79 Å². The summed E-state index contributed by atoms with van der Waals surface area (Å²) in [5, 5.41) is 5.16. The summed E-state index contributed by atoms with van der Waals surface area (Å²) in [7, 11) is 4.32. The van der Waals surface area contributed by atoms with Crippen molar-refractivity contribution in [2.24, 2.45) is 0 Å². The highest BCUT2D eigenvalue weighted by molar-refractivity contribution is 8.00. The molecule has 0 saturated heterocycles. The molecule has 2 N–H and O–H groups in total. The topological polar surface area (TPSA) is 103 Å². The predicted octanol–water partition coefficient (Wildman–Crippen LogP) is 4.86. The maximum absolute atomic E-state index is 12.8. The number of hydrogen-bond acceptors (Lipinski definition) is 7. The largest absolute Gasteiger partial charge is 0.493 e. The lowest BCUT2D eigenvalue weighted by Crippen LogP contribution is -2.23. The van der Waals surface area contributed by atoms with Gasteiger partial charge in [-0.05, 0) is 55.5 Å². The van der Waals surface area contributed by atoms with E-state index in [2.05, 4.69) is 10.6 Å². The van der Waals surface area contributed by atoms with Gasteiger partial charge < -0.3 is 24.8 Å². The number of carbonyl (C=O) groups excluding carboxylic acids is 3. The zero-order chi connectivity index (χ0) is 25.4. The Balaban J connectivity index is 1.67. The molecular weight excluding hydrogens is 468 g/mol. The summed E-state index contributed by atoms with van der Waals surface area (Å²) < 4.78 is 15.2. The van der Waals surface area contributed by atoms with Crippen molar-refractivity contribution < 1.29 is 28.6 Å². The lowest BCUT2D eigenvalue weighted by Gasteiger charge is -2.15. The second-order valence-electron chi connectivity index (χ2n) is 7.34. The van der Waals surface area contributed by atoms with Crippen molar-refractivity contribution >= 4 is 40.9 Å². The van der Waals surface area contributed by atoms with Crippen LogP contribution >= 0.6 is 11.8 Å². The molecule has 3 aromatic carbocycles. The smallest absolute Gasteiger partial charge is 0.339 e. The van der Waals surface area contributed by atoms with E-state index in [1.54, 1.807) is 67.6 Å². The molecule has 182 valence electrons. The second-order valence-corrected chi connectivity index (χ2v) is 8.75. The molecule has 3 rings (SSSR count). The van der Waals surface area contributed by atoms with Gasteiger partial charge in [-0.15, -0.1) is 11.8 Å². The van der Waals surface area contributed by atoms with Crippen LogP contribution in [-0.4, -0.2) is 44.4 Å². The number of amides is 2.